The lowest BCUT2D eigenvalue weighted by molar-refractivity contribution is -0.132. The van der Waals surface area contributed by atoms with E-state index in [1.807, 2.05) is 24.3 Å². The summed E-state index contributed by atoms with van der Waals surface area (Å²) in [5, 5.41) is 0. The van der Waals surface area contributed by atoms with E-state index in [9.17, 15) is 4.79 Å². The molecule has 1 aromatic rings. The smallest absolute Gasteiger partial charge is 0.226 e. The van der Waals surface area contributed by atoms with E-state index in [-0.39, 0.29) is 5.91 Å². The molecule has 1 aromatic carbocycles. The molecule has 2 fully saturated rings. The van der Waals surface area contributed by atoms with Crippen LogP contribution in [-0.2, 0) is 11.2 Å². The van der Waals surface area contributed by atoms with E-state index in [0.717, 1.165) is 30.8 Å². The molecule has 0 bridgehead atoms. The number of likely N-dealkylation sites (tertiary alicyclic amines) is 2. The molecule has 1 amide bonds. The number of carbonyl (C=O) groups excluding carboxylic acids is 1. The van der Waals surface area contributed by atoms with Gasteiger partial charge in [-0.15, -0.1) is 0 Å². The second-order valence-electron chi connectivity index (χ2n) is 6.88. The molecule has 1 atom stereocenters. The lowest BCUT2D eigenvalue weighted by Crippen LogP contribution is -2.43. The number of nitrogens with zero attached hydrogens (tertiary/aromatic N) is 2. The summed E-state index contributed by atoms with van der Waals surface area (Å²) < 4.78 is 5.17. The SMILES string of the molecule is COc1ccc(CC(=O)N2CCC[C@H](CN3CCCC3)C2)cc1. The summed E-state index contributed by atoms with van der Waals surface area (Å²) in [4.78, 5) is 17.2. The molecule has 126 valence electrons. The summed E-state index contributed by atoms with van der Waals surface area (Å²) in [6.07, 6.45) is 5.59. The van der Waals surface area contributed by atoms with Gasteiger partial charge in [0.15, 0.2) is 0 Å². The topological polar surface area (TPSA) is 32.8 Å². The highest BCUT2D eigenvalue weighted by Crippen LogP contribution is 2.21. The van der Waals surface area contributed by atoms with Crippen molar-refractivity contribution < 1.29 is 9.53 Å². The Hall–Kier alpha value is -1.55. The minimum absolute atomic E-state index is 0.265. The average molecular weight is 316 g/mol. The fourth-order valence-electron chi connectivity index (χ4n) is 3.80. The number of hydrogen-bond acceptors (Lipinski definition) is 3. The number of carbonyl (C=O) groups is 1. The van der Waals surface area contributed by atoms with Crippen LogP contribution in [0.4, 0.5) is 0 Å². The molecular formula is C19H28N2O2. The number of rotatable bonds is 5. The zero-order valence-electron chi connectivity index (χ0n) is 14.2. The van der Waals surface area contributed by atoms with E-state index in [0.29, 0.717) is 12.3 Å². The summed E-state index contributed by atoms with van der Waals surface area (Å²) in [5.74, 6) is 1.76. The summed E-state index contributed by atoms with van der Waals surface area (Å²) in [6.45, 7) is 5.52. The Morgan fingerprint density at radius 1 is 1.13 bits per heavy atom. The van der Waals surface area contributed by atoms with Crippen LogP contribution in [0.15, 0.2) is 24.3 Å². The highest BCUT2D eigenvalue weighted by molar-refractivity contribution is 5.78. The Morgan fingerprint density at radius 3 is 2.57 bits per heavy atom. The third-order valence-corrected chi connectivity index (χ3v) is 5.10. The maximum Gasteiger partial charge on any atom is 0.226 e. The maximum atomic E-state index is 12.6. The van der Waals surface area contributed by atoms with Gasteiger partial charge in [-0.1, -0.05) is 12.1 Å². The van der Waals surface area contributed by atoms with Crippen LogP contribution in [0.5, 0.6) is 5.75 Å². The molecule has 0 N–H and O–H groups in total. The van der Waals surface area contributed by atoms with Crippen molar-refractivity contribution in [3.05, 3.63) is 29.8 Å². The van der Waals surface area contributed by atoms with E-state index in [4.69, 9.17) is 4.74 Å². The van der Waals surface area contributed by atoms with Gasteiger partial charge in [-0.2, -0.15) is 0 Å². The van der Waals surface area contributed by atoms with Gasteiger partial charge >= 0.3 is 0 Å². The molecule has 0 saturated carbocycles. The molecular weight excluding hydrogens is 288 g/mol. The zero-order valence-corrected chi connectivity index (χ0v) is 14.2. The van der Waals surface area contributed by atoms with Crippen LogP contribution >= 0.6 is 0 Å². The first-order chi connectivity index (χ1) is 11.2. The molecule has 4 heteroatoms. The van der Waals surface area contributed by atoms with Crippen molar-refractivity contribution in [3.8, 4) is 5.75 Å². The Morgan fingerprint density at radius 2 is 1.87 bits per heavy atom. The number of piperidine rings is 1. The monoisotopic (exact) mass is 316 g/mol. The lowest BCUT2D eigenvalue weighted by Gasteiger charge is -2.34. The molecule has 0 unspecified atom stereocenters. The van der Waals surface area contributed by atoms with Crippen molar-refractivity contribution in [1.82, 2.24) is 9.80 Å². The largest absolute Gasteiger partial charge is 0.497 e. The Labute approximate surface area is 139 Å². The molecule has 0 spiro atoms. The van der Waals surface area contributed by atoms with Gasteiger partial charge in [-0.25, -0.2) is 0 Å². The average Bonchev–Trinajstić information content (AvgIpc) is 3.09. The predicted octanol–water partition coefficient (Wildman–Crippen LogP) is 2.57. The minimum Gasteiger partial charge on any atom is -0.497 e. The van der Waals surface area contributed by atoms with Gasteiger partial charge in [-0.3, -0.25) is 4.79 Å². The lowest BCUT2D eigenvalue weighted by atomic mass is 9.97. The van der Waals surface area contributed by atoms with Crippen LogP contribution in [0.2, 0.25) is 0 Å². The highest BCUT2D eigenvalue weighted by atomic mass is 16.5. The van der Waals surface area contributed by atoms with Crippen LogP contribution in [-0.4, -0.2) is 55.5 Å². The van der Waals surface area contributed by atoms with Crippen LogP contribution in [0, 0.1) is 5.92 Å². The van der Waals surface area contributed by atoms with Gasteiger partial charge in [-0.05, 0) is 62.4 Å². The van der Waals surface area contributed by atoms with E-state index in [1.165, 1.54) is 38.9 Å². The Kier molecular flexibility index (Phi) is 5.55. The standard InChI is InChI=1S/C19H28N2O2/c1-23-18-8-6-16(7-9-18)13-19(22)21-12-4-5-17(15-21)14-20-10-2-3-11-20/h6-9,17H,2-5,10-15H2,1H3/t17-/m1/s1. The third kappa shape index (κ3) is 4.47. The van der Waals surface area contributed by atoms with Crippen molar-refractivity contribution in [3.63, 3.8) is 0 Å². The van der Waals surface area contributed by atoms with Crippen molar-refractivity contribution in [1.29, 1.82) is 0 Å². The summed E-state index contributed by atoms with van der Waals surface area (Å²) in [6, 6.07) is 7.83. The first-order valence-electron chi connectivity index (χ1n) is 8.87. The molecule has 0 radical (unpaired) electrons. The highest BCUT2D eigenvalue weighted by Gasteiger charge is 2.26. The number of ether oxygens (including phenoxy) is 1. The third-order valence-electron chi connectivity index (χ3n) is 5.10. The Balaban J connectivity index is 1.51. The normalized spacial score (nSPS) is 22.3. The quantitative estimate of drug-likeness (QED) is 0.837. The summed E-state index contributed by atoms with van der Waals surface area (Å²) >= 11 is 0. The minimum atomic E-state index is 0.265. The van der Waals surface area contributed by atoms with E-state index in [2.05, 4.69) is 9.80 Å². The molecule has 2 heterocycles. The summed E-state index contributed by atoms with van der Waals surface area (Å²) in [5.41, 5.74) is 1.07. The molecule has 23 heavy (non-hydrogen) atoms. The fourth-order valence-corrected chi connectivity index (χ4v) is 3.80. The van der Waals surface area contributed by atoms with Gasteiger partial charge in [0, 0.05) is 19.6 Å². The second-order valence-corrected chi connectivity index (χ2v) is 6.88. The first-order valence-corrected chi connectivity index (χ1v) is 8.87. The second kappa shape index (κ2) is 7.82. The van der Waals surface area contributed by atoms with Gasteiger partial charge < -0.3 is 14.5 Å². The molecule has 2 aliphatic rings. The Bertz CT molecular complexity index is 509. The number of benzene rings is 1. The van der Waals surface area contributed by atoms with Crippen LogP contribution in [0.3, 0.4) is 0 Å². The van der Waals surface area contributed by atoms with E-state index >= 15 is 0 Å². The van der Waals surface area contributed by atoms with Gasteiger partial charge in [0.25, 0.3) is 0 Å². The maximum absolute atomic E-state index is 12.6. The molecule has 2 saturated heterocycles. The predicted molar refractivity (Wildman–Crippen MR) is 91.7 cm³/mol. The molecule has 2 aliphatic heterocycles. The van der Waals surface area contributed by atoms with E-state index < -0.39 is 0 Å². The van der Waals surface area contributed by atoms with Crippen molar-refractivity contribution in [2.24, 2.45) is 5.92 Å². The van der Waals surface area contributed by atoms with Crippen LogP contribution in [0.25, 0.3) is 0 Å². The van der Waals surface area contributed by atoms with Gasteiger partial charge in [0.2, 0.25) is 5.91 Å². The molecule has 4 nitrogen and oxygen atoms in total. The fraction of sp³-hybridized carbons (Fsp3) is 0.632. The molecule has 0 aromatic heterocycles. The van der Waals surface area contributed by atoms with Gasteiger partial charge in [0.1, 0.15) is 5.75 Å². The van der Waals surface area contributed by atoms with Crippen molar-refractivity contribution in [2.45, 2.75) is 32.1 Å². The zero-order chi connectivity index (χ0) is 16.1. The number of hydrogen-bond donors (Lipinski definition) is 0. The number of methoxy groups -OCH3 is 1. The summed E-state index contributed by atoms with van der Waals surface area (Å²) in [7, 11) is 1.66. The van der Waals surface area contributed by atoms with Crippen LogP contribution in [0.1, 0.15) is 31.2 Å². The first kappa shape index (κ1) is 16.3. The van der Waals surface area contributed by atoms with Crippen LogP contribution < -0.4 is 4.74 Å². The molecule has 0 aliphatic carbocycles. The van der Waals surface area contributed by atoms with E-state index in [1.54, 1.807) is 7.11 Å². The number of amides is 1. The van der Waals surface area contributed by atoms with Gasteiger partial charge in [0.05, 0.1) is 13.5 Å². The molecule has 3 rings (SSSR count). The van der Waals surface area contributed by atoms with Crippen molar-refractivity contribution in [2.75, 3.05) is 39.8 Å². The van der Waals surface area contributed by atoms with Crippen molar-refractivity contribution >= 4 is 5.91 Å².